The zero-order chi connectivity index (χ0) is 14.8. The number of carbonyl (C=O) groups excluding carboxylic acids is 1. The second-order valence-corrected chi connectivity index (χ2v) is 6.16. The second kappa shape index (κ2) is 5.83. The van der Waals surface area contributed by atoms with Gasteiger partial charge >= 0.3 is 6.09 Å². The van der Waals surface area contributed by atoms with Crippen molar-refractivity contribution < 1.29 is 14.1 Å². The van der Waals surface area contributed by atoms with Crippen LogP contribution in [0.15, 0.2) is 10.6 Å². The van der Waals surface area contributed by atoms with Crippen molar-refractivity contribution in [3.05, 3.63) is 17.5 Å². The normalized spacial score (nSPS) is 17.3. The van der Waals surface area contributed by atoms with Crippen LogP contribution in [0.4, 0.5) is 4.79 Å². The van der Waals surface area contributed by atoms with E-state index in [0.29, 0.717) is 31.3 Å². The van der Waals surface area contributed by atoms with E-state index in [-0.39, 0.29) is 6.09 Å². The van der Waals surface area contributed by atoms with Gasteiger partial charge in [0.25, 0.3) is 0 Å². The molecule has 6 heteroatoms. The standard InChI is InChI=1S/C14H23N3O3/c1-14(2,3)19-13(18)17-6-4-10(5-7-17)12-8-11(9-15)20-16-12/h8,10H,4-7,9,15H2,1-3H3. The number of hydrogen-bond acceptors (Lipinski definition) is 5. The first-order valence-electron chi connectivity index (χ1n) is 7.02. The van der Waals surface area contributed by atoms with Gasteiger partial charge in [0, 0.05) is 25.1 Å². The minimum absolute atomic E-state index is 0.237. The van der Waals surface area contributed by atoms with Crippen molar-refractivity contribution >= 4 is 6.09 Å². The lowest BCUT2D eigenvalue weighted by Gasteiger charge is -2.32. The summed E-state index contributed by atoms with van der Waals surface area (Å²) in [4.78, 5) is 13.7. The molecule has 2 heterocycles. The number of piperidine rings is 1. The van der Waals surface area contributed by atoms with E-state index in [1.54, 1.807) is 4.90 Å². The van der Waals surface area contributed by atoms with Crippen LogP contribution in [0.25, 0.3) is 0 Å². The quantitative estimate of drug-likeness (QED) is 0.899. The molecule has 112 valence electrons. The Balaban J connectivity index is 1.87. The van der Waals surface area contributed by atoms with Crippen LogP contribution in [-0.4, -0.2) is 34.8 Å². The van der Waals surface area contributed by atoms with E-state index < -0.39 is 5.60 Å². The van der Waals surface area contributed by atoms with Crippen LogP contribution in [0, 0.1) is 0 Å². The molecule has 0 aromatic carbocycles. The molecule has 1 aromatic heterocycles. The Bertz CT molecular complexity index is 456. The molecule has 1 aromatic rings. The molecule has 0 unspecified atom stereocenters. The molecule has 0 atom stereocenters. The third kappa shape index (κ3) is 3.72. The van der Waals surface area contributed by atoms with Crippen LogP contribution in [0.1, 0.15) is 51.0 Å². The van der Waals surface area contributed by atoms with E-state index in [0.717, 1.165) is 18.5 Å². The highest BCUT2D eigenvalue weighted by Gasteiger charge is 2.28. The van der Waals surface area contributed by atoms with Crippen LogP contribution in [0.5, 0.6) is 0 Å². The molecule has 2 N–H and O–H groups in total. The summed E-state index contributed by atoms with van der Waals surface area (Å²) in [7, 11) is 0. The Kier molecular flexibility index (Phi) is 4.32. The summed E-state index contributed by atoms with van der Waals surface area (Å²) in [6.45, 7) is 7.36. The SMILES string of the molecule is CC(C)(C)OC(=O)N1CCC(c2cc(CN)on2)CC1. The van der Waals surface area contributed by atoms with Gasteiger partial charge in [-0.1, -0.05) is 5.16 Å². The van der Waals surface area contributed by atoms with Crippen molar-refractivity contribution in [3.8, 4) is 0 Å². The predicted molar refractivity (Wildman–Crippen MR) is 74.2 cm³/mol. The van der Waals surface area contributed by atoms with Crippen LogP contribution in [0.3, 0.4) is 0 Å². The van der Waals surface area contributed by atoms with Gasteiger partial charge in [0.05, 0.1) is 12.2 Å². The maximum absolute atomic E-state index is 12.0. The first kappa shape index (κ1) is 14.8. The molecule has 6 nitrogen and oxygen atoms in total. The van der Waals surface area contributed by atoms with Gasteiger partial charge in [0.2, 0.25) is 0 Å². The average Bonchev–Trinajstić information content (AvgIpc) is 2.85. The average molecular weight is 281 g/mol. The van der Waals surface area contributed by atoms with Crippen molar-refractivity contribution in [2.24, 2.45) is 5.73 Å². The molecular formula is C14H23N3O3. The Labute approximate surface area is 119 Å². The van der Waals surface area contributed by atoms with Gasteiger partial charge in [-0.2, -0.15) is 0 Å². The molecule has 0 saturated carbocycles. The topological polar surface area (TPSA) is 81.6 Å². The first-order valence-corrected chi connectivity index (χ1v) is 7.02. The highest BCUT2D eigenvalue weighted by Crippen LogP contribution is 2.28. The van der Waals surface area contributed by atoms with E-state index in [2.05, 4.69) is 5.16 Å². The lowest BCUT2D eigenvalue weighted by atomic mass is 9.93. The van der Waals surface area contributed by atoms with Crippen LogP contribution < -0.4 is 5.73 Å². The number of ether oxygens (including phenoxy) is 1. The molecule has 20 heavy (non-hydrogen) atoms. The van der Waals surface area contributed by atoms with Gasteiger partial charge in [0.1, 0.15) is 5.60 Å². The van der Waals surface area contributed by atoms with Crippen molar-refractivity contribution in [1.29, 1.82) is 0 Å². The number of hydrogen-bond donors (Lipinski definition) is 1. The largest absolute Gasteiger partial charge is 0.444 e. The van der Waals surface area contributed by atoms with Crippen molar-refractivity contribution in [1.82, 2.24) is 10.1 Å². The van der Waals surface area contributed by atoms with E-state index in [1.807, 2.05) is 26.8 Å². The fourth-order valence-electron chi connectivity index (χ4n) is 2.30. The van der Waals surface area contributed by atoms with Gasteiger partial charge in [-0.15, -0.1) is 0 Å². The van der Waals surface area contributed by atoms with Crippen LogP contribution in [-0.2, 0) is 11.3 Å². The minimum Gasteiger partial charge on any atom is -0.444 e. The number of aromatic nitrogens is 1. The maximum atomic E-state index is 12.0. The first-order chi connectivity index (χ1) is 9.39. The molecule has 1 saturated heterocycles. The Morgan fingerprint density at radius 3 is 2.65 bits per heavy atom. The molecular weight excluding hydrogens is 258 g/mol. The Hall–Kier alpha value is -1.56. The van der Waals surface area contributed by atoms with E-state index >= 15 is 0 Å². The summed E-state index contributed by atoms with van der Waals surface area (Å²) in [5.41, 5.74) is 6.00. The highest BCUT2D eigenvalue weighted by atomic mass is 16.6. The van der Waals surface area contributed by atoms with Gasteiger partial charge in [-0.05, 0) is 33.6 Å². The maximum Gasteiger partial charge on any atom is 0.410 e. The number of nitrogens with zero attached hydrogens (tertiary/aromatic N) is 2. The van der Waals surface area contributed by atoms with Gasteiger partial charge in [0.15, 0.2) is 5.76 Å². The molecule has 2 rings (SSSR count). The van der Waals surface area contributed by atoms with Gasteiger partial charge in [-0.3, -0.25) is 0 Å². The number of amides is 1. The highest BCUT2D eigenvalue weighted by molar-refractivity contribution is 5.68. The summed E-state index contributed by atoms with van der Waals surface area (Å²) >= 11 is 0. The summed E-state index contributed by atoms with van der Waals surface area (Å²) in [6.07, 6.45) is 1.50. The molecule has 1 fully saturated rings. The van der Waals surface area contributed by atoms with Crippen LogP contribution in [0.2, 0.25) is 0 Å². The van der Waals surface area contributed by atoms with Gasteiger partial charge < -0.3 is 19.9 Å². The number of nitrogens with two attached hydrogens (primary N) is 1. The number of carbonyl (C=O) groups is 1. The fourth-order valence-corrected chi connectivity index (χ4v) is 2.30. The third-order valence-electron chi connectivity index (χ3n) is 3.34. The second-order valence-electron chi connectivity index (χ2n) is 6.16. The summed E-state index contributed by atoms with van der Waals surface area (Å²) < 4.78 is 10.5. The van der Waals surface area contributed by atoms with Crippen LogP contribution >= 0.6 is 0 Å². The zero-order valence-electron chi connectivity index (χ0n) is 12.4. The Morgan fingerprint density at radius 1 is 1.50 bits per heavy atom. The monoisotopic (exact) mass is 281 g/mol. The lowest BCUT2D eigenvalue weighted by molar-refractivity contribution is 0.0203. The van der Waals surface area contributed by atoms with E-state index in [4.69, 9.17) is 15.0 Å². The van der Waals surface area contributed by atoms with Crippen molar-refractivity contribution in [2.45, 2.75) is 51.7 Å². The smallest absolute Gasteiger partial charge is 0.410 e. The molecule has 0 bridgehead atoms. The lowest BCUT2D eigenvalue weighted by Crippen LogP contribution is -2.41. The third-order valence-corrected chi connectivity index (χ3v) is 3.34. The summed E-state index contributed by atoms with van der Waals surface area (Å²) in [6, 6.07) is 1.91. The van der Waals surface area contributed by atoms with Crippen molar-refractivity contribution in [2.75, 3.05) is 13.1 Å². The predicted octanol–water partition coefficient (Wildman–Crippen LogP) is 2.25. The summed E-state index contributed by atoms with van der Waals surface area (Å²) in [5.74, 6) is 1.03. The number of rotatable bonds is 2. The van der Waals surface area contributed by atoms with E-state index in [1.165, 1.54) is 0 Å². The molecule has 1 amide bonds. The van der Waals surface area contributed by atoms with E-state index in [9.17, 15) is 4.79 Å². The Morgan fingerprint density at radius 2 is 2.15 bits per heavy atom. The molecule has 1 aliphatic rings. The zero-order valence-corrected chi connectivity index (χ0v) is 12.4. The van der Waals surface area contributed by atoms with Gasteiger partial charge in [-0.25, -0.2) is 4.79 Å². The molecule has 0 spiro atoms. The minimum atomic E-state index is -0.448. The number of likely N-dealkylation sites (tertiary alicyclic amines) is 1. The fraction of sp³-hybridized carbons (Fsp3) is 0.714. The summed E-state index contributed by atoms with van der Waals surface area (Å²) in [5, 5.41) is 4.05. The molecule has 0 aliphatic carbocycles. The molecule has 0 radical (unpaired) electrons. The van der Waals surface area contributed by atoms with Crippen molar-refractivity contribution in [3.63, 3.8) is 0 Å². The molecule has 1 aliphatic heterocycles.